The molecule has 0 radical (unpaired) electrons. The molecule has 88 valence electrons. The summed E-state index contributed by atoms with van der Waals surface area (Å²) in [6.07, 6.45) is -2.29. The number of alkyl halides is 3. The molecule has 0 saturated carbocycles. The van der Waals surface area contributed by atoms with Gasteiger partial charge >= 0.3 is 5.97 Å². The number of rotatable bonds is 4. The minimum Gasteiger partial charge on any atom is -0.481 e. The summed E-state index contributed by atoms with van der Waals surface area (Å²) in [5.74, 6) is -1.44. The molecule has 7 heteroatoms. The summed E-state index contributed by atoms with van der Waals surface area (Å²) in [6, 6.07) is 0. The van der Waals surface area contributed by atoms with Gasteiger partial charge in [-0.3, -0.25) is 9.78 Å². The smallest absolute Gasteiger partial charge is 0.309 e. The summed E-state index contributed by atoms with van der Waals surface area (Å²) in [6.45, 7) is 0. The maximum absolute atomic E-state index is 12.8. The molecule has 0 amide bonds. The summed E-state index contributed by atoms with van der Waals surface area (Å²) >= 11 is 5.50. The number of carbonyl (C=O) groups is 1. The molecule has 1 aromatic heterocycles. The predicted octanol–water partition coefficient (Wildman–Crippen LogP) is 1.97. The molecule has 0 fully saturated rings. The Labute approximate surface area is 95.0 Å². The minimum atomic E-state index is -2.85. The zero-order valence-corrected chi connectivity index (χ0v) is 8.84. The standard InChI is InChI=1S/C9H9ClF2N2O2/c10-2-4-5(13)3-14-6(1-7(15)16)8(4)9(11)12/h3,9H,1-2,13H2,(H,15,16). The van der Waals surface area contributed by atoms with Gasteiger partial charge in [0.15, 0.2) is 0 Å². The Morgan fingerprint density at radius 2 is 2.25 bits per heavy atom. The number of aliphatic carboxylic acids is 1. The minimum absolute atomic E-state index is 0.0411. The zero-order valence-electron chi connectivity index (χ0n) is 8.08. The van der Waals surface area contributed by atoms with Gasteiger partial charge in [0.25, 0.3) is 6.43 Å². The van der Waals surface area contributed by atoms with Crippen molar-refractivity contribution in [2.45, 2.75) is 18.7 Å². The number of carboxylic acids is 1. The third kappa shape index (κ3) is 2.57. The average Bonchev–Trinajstić information content (AvgIpc) is 2.18. The van der Waals surface area contributed by atoms with Crippen molar-refractivity contribution >= 4 is 23.3 Å². The highest BCUT2D eigenvalue weighted by Gasteiger charge is 2.22. The number of aromatic nitrogens is 1. The number of nitrogen functional groups attached to an aromatic ring is 1. The molecule has 0 atom stereocenters. The summed E-state index contributed by atoms with van der Waals surface area (Å²) in [7, 11) is 0. The molecular formula is C9H9ClF2N2O2. The van der Waals surface area contributed by atoms with Crippen LogP contribution in [0, 0.1) is 0 Å². The van der Waals surface area contributed by atoms with Crippen molar-refractivity contribution in [1.82, 2.24) is 4.98 Å². The topological polar surface area (TPSA) is 76.2 Å². The van der Waals surface area contributed by atoms with E-state index >= 15 is 0 Å². The van der Waals surface area contributed by atoms with Gasteiger partial charge in [0.1, 0.15) is 0 Å². The number of nitrogens with zero attached hydrogens (tertiary/aromatic N) is 1. The predicted molar refractivity (Wildman–Crippen MR) is 54.5 cm³/mol. The molecule has 3 N–H and O–H groups in total. The number of pyridine rings is 1. The van der Waals surface area contributed by atoms with Crippen molar-refractivity contribution in [3.05, 3.63) is 23.0 Å². The van der Waals surface area contributed by atoms with Crippen molar-refractivity contribution in [1.29, 1.82) is 0 Å². The molecule has 0 aromatic carbocycles. The third-order valence-corrected chi connectivity index (χ3v) is 2.28. The molecule has 1 heterocycles. The fourth-order valence-corrected chi connectivity index (χ4v) is 1.61. The Morgan fingerprint density at radius 1 is 1.62 bits per heavy atom. The van der Waals surface area contributed by atoms with E-state index in [-0.39, 0.29) is 22.8 Å². The van der Waals surface area contributed by atoms with Crippen molar-refractivity contribution < 1.29 is 18.7 Å². The van der Waals surface area contributed by atoms with E-state index in [9.17, 15) is 13.6 Å². The van der Waals surface area contributed by atoms with Crippen LogP contribution in [0.3, 0.4) is 0 Å². The van der Waals surface area contributed by atoms with Crippen LogP contribution in [0.15, 0.2) is 6.20 Å². The van der Waals surface area contributed by atoms with E-state index in [4.69, 9.17) is 22.4 Å². The number of hydrogen-bond acceptors (Lipinski definition) is 3. The van der Waals surface area contributed by atoms with Gasteiger partial charge in [0, 0.05) is 11.1 Å². The van der Waals surface area contributed by atoms with Crippen LogP contribution in [0.5, 0.6) is 0 Å². The molecular weight excluding hydrogens is 242 g/mol. The van der Waals surface area contributed by atoms with Gasteiger partial charge in [-0.1, -0.05) is 0 Å². The Hall–Kier alpha value is -1.43. The van der Waals surface area contributed by atoms with E-state index < -0.39 is 24.4 Å². The molecule has 16 heavy (non-hydrogen) atoms. The van der Waals surface area contributed by atoms with Crippen molar-refractivity contribution in [3.8, 4) is 0 Å². The molecule has 1 aromatic rings. The Balaban J connectivity index is 3.32. The molecule has 0 spiro atoms. The largest absolute Gasteiger partial charge is 0.481 e. The fraction of sp³-hybridized carbons (Fsp3) is 0.333. The molecule has 0 unspecified atom stereocenters. The number of halogens is 3. The number of anilines is 1. The highest BCUT2D eigenvalue weighted by Crippen LogP contribution is 2.30. The van der Waals surface area contributed by atoms with Crippen LogP contribution in [-0.2, 0) is 17.1 Å². The maximum Gasteiger partial charge on any atom is 0.309 e. The molecule has 0 bridgehead atoms. The Morgan fingerprint density at radius 3 is 2.69 bits per heavy atom. The molecule has 0 aliphatic heterocycles. The second-order valence-corrected chi connectivity index (χ2v) is 3.32. The lowest BCUT2D eigenvalue weighted by Gasteiger charge is -2.12. The summed E-state index contributed by atoms with van der Waals surface area (Å²) < 4.78 is 25.5. The Bertz CT molecular complexity index is 413. The Kier molecular flexibility index (Phi) is 4.00. The van der Waals surface area contributed by atoms with Crippen LogP contribution < -0.4 is 5.73 Å². The molecule has 0 saturated heterocycles. The quantitative estimate of drug-likeness (QED) is 0.801. The van der Waals surface area contributed by atoms with Crippen molar-refractivity contribution in [3.63, 3.8) is 0 Å². The van der Waals surface area contributed by atoms with Crippen LogP contribution in [-0.4, -0.2) is 16.1 Å². The third-order valence-electron chi connectivity index (χ3n) is 2.01. The molecule has 0 aliphatic rings. The molecule has 0 aliphatic carbocycles. The van der Waals surface area contributed by atoms with Crippen LogP contribution in [0.2, 0.25) is 0 Å². The lowest BCUT2D eigenvalue weighted by Crippen LogP contribution is -2.10. The second kappa shape index (κ2) is 5.07. The lowest BCUT2D eigenvalue weighted by atomic mass is 10.0. The first-order chi connectivity index (χ1) is 7.47. The monoisotopic (exact) mass is 250 g/mol. The number of nitrogens with two attached hydrogens (primary N) is 1. The van der Waals surface area contributed by atoms with Crippen LogP contribution >= 0.6 is 11.6 Å². The first kappa shape index (κ1) is 12.6. The SMILES string of the molecule is Nc1cnc(CC(=O)O)c(C(F)F)c1CCl. The van der Waals surface area contributed by atoms with Gasteiger partial charge in [-0.25, -0.2) is 8.78 Å². The van der Waals surface area contributed by atoms with Gasteiger partial charge in [-0.05, 0) is 0 Å². The second-order valence-electron chi connectivity index (χ2n) is 3.06. The maximum atomic E-state index is 12.8. The van der Waals surface area contributed by atoms with Crippen LogP contribution in [0.1, 0.15) is 23.2 Å². The molecule has 1 rings (SSSR count). The van der Waals surface area contributed by atoms with E-state index in [1.165, 1.54) is 0 Å². The number of hydrogen-bond donors (Lipinski definition) is 2. The van der Waals surface area contributed by atoms with E-state index in [0.717, 1.165) is 6.20 Å². The van der Waals surface area contributed by atoms with Crippen LogP contribution in [0.4, 0.5) is 14.5 Å². The van der Waals surface area contributed by atoms with Crippen molar-refractivity contribution in [2.75, 3.05) is 5.73 Å². The van der Waals surface area contributed by atoms with E-state index in [1.54, 1.807) is 0 Å². The van der Waals surface area contributed by atoms with Gasteiger partial charge in [-0.2, -0.15) is 0 Å². The van der Waals surface area contributed by atoms with Crippen LogP contribution in [0.25, 0.3) is 0 Å². The van der Waals surface area contributed by atoms with Gasteiger partial charge in [0.05, 0.1) is 29.9 Å². The fourth-order valence-electron chi connectivity index (χ4n) is 1.32. The van der Waals surface area contributed by atoms with E-state index in [2.05, 4.69) is 4.98 Å². The summed E-state index contributed by atoms with van der Waals surface area (Å²) in [5.41, 5.74) is 4.85. The van der Waals surface area contributed by atoms with E-state index in [0.29, 0.717) is 0 Å². The highest BCUT2D eigenvalue weighted by molar-refractivity contribution is 6.17. The first-order valence-electron chi connectivity index (χ1n) is 4.29. The van der Waals surface area contributed by atoms with Gasteiger partial charge in [0.2, 0.25) is 0 Å². The normalized spacial score (nSPS) is 10.8. The summed E-state index contributed by atoms with van der Waals surface area (Å²) in [4.78, 5) is 14.1. The first-order valence-corrected chi connectivity index (χ1v) is 4.82. The van der Waals surface area contributed by atoms with Gasteiger partial charge < -0.3 is 10.8 Å². The zero-order chi connectivity index (χ0) is 12.3. The lowest BCUT2D eigenvalue weighted by molar-refractivity contribution is -0.136. The average molecular weight is 251 g/mol. The molecule has 4 nitrogen and oxygen atoms in total. The number of carboxylic acid groups (broad SMARTS) is 1. The van der Waals surface area contributed by atoms with Gasteiger partial charge in [-0.15, -0.1) is 11.6 Å². The van der Waals surface area contributed by atoms with E-state index in [1.807, 2.05) is 0 Å². The van der Waals surface area contributed by atoms with Crippen molar-refractivity contribution in [2.24, 2.45) is 0 Å². The summed E-state index contributed by atoms with van der Waals surface area (Å²) in [5, 5.41) is 8.56. The highest BCUT2D eigenvalue weighted by atomic mass is 35.5.